The van der Waals surface area contributed by atoms with E-state index >= 15 is 0 Å². The number of methoxy groups -OCH3 is 1. The average molecular weight is 341 g/mol. The summed E-state index contributed by atoms with van der Waals surface area (Å²) in [6, 6.07) is 5.69. The van der Waals surface area contributed by atoms with Crippen molar-refractivity contribution in [2.45, 2.75) is 38.3 Å². The summed E-state index contributed by atoms with van der Waals surface area (Å²) in [7, 11) is 1.65. The van der Waals surface area contributed by atoms with Crippen LogP contribution in [0.15, 0.2) is 22.7 Å². The zero-order valence-electron chi connectivity index (χ0n) is 11.7. The predicted octanol–water partition coefficient (Wildman–Crippen LogP) is 3.07. The van der Waals surface area contributed by atoms with E-state index in [-0.39, 0.29) is 11.9 Å². The van der Waals surface area contributed by atoms with Crippen LogP contribution in [0.3, 0.4) is 0 Å². The van der Waals surface area contributed by atoms with Crippen molar-refractivity contribution in [1.29, 1.82) is 0 Å². The zero-order valence-corrected chi connectivity index (χ0v) is 13.3. The third kappa shape index (κ3) is 4.04. The van der Waals surface area contributed by atoms with E-state index in [1.807, 2.05) is 18.2 Å². The summed E-state index contributed by atoms with van der Waals surface area (Å²) in [6.07, 6.45) is 4.35. The molecule has 1 aliphatic heterocycles. The fraction of sp³-hybridized carbons (Fsp3) is 0.533. The minimum atomic E-state index is -0.0909. The van der Waals surface area contributed by atoms with Gasteiger partial charge >= 0.3 is 0 Å². The van der Waals surface area contributed by atoms with Crippen LogP contribution in [0.25, 0.3) is 0 Å². The van der Waals surface area contributed by atoms with Gasteiger partial charge in [-0.3, -0.25) is 4.79 Å². The zero-order chi connectivity index (χ0) is 14.4. The van der Waals surface area contributed by atoms with Crippen LogP contribution >= 0.6 is 15.9 Å². The molecule has 20 heavy (non-hydrogen) atoms. The molecule has 0 spiro atoms. The quantitative estimate of drug-likeness (QED) is 0.885. The first kappa shape index (κ1) is 15.5. The van der Waals surface area contributed by atoms with Gasteiger partial charge in [0.05, 0.1) is 12.6 Å². The summed E-state index contributed by atoms with van der Waals surface area (Å²) >= 11 is 3.50. The molecule has 2 N–H and O–H groups in total. The highest BCUT2D eigenvalue weighted by Crippen LogP contribution is 2.26. The van der Waals surface area contributed by atoms with Gasteiger partial charge in [0.15, 0.2) is 0 Å². The van der Waals surface area contributed by atoms with Gasteiger partial charge in [-0.15, -0.1) is 0 Å². The fourth-order valence-corrected chi connectivity index (χ4v) is 2.92. The SMILES string of the molecule is COCc1c(Br)cccc1NC(=O)C1CCCCCN1. The van der Waals surface area contributed by atoms with Crippen molar-refractivity contribution in [3.05, 3.63) is 28.2 Å². The molecule has 0 bridgehead atoms. The lowest BCUT2D eigenvalue weighted by atomic mass is 10.1. The molecule has 1 atom stereocenters. The summed E-state index contributed by atoms with van der Waals surface area (Å²) < 4.78 is 6.15. The topological polar surface area (TPSA) is 50.4 Å². The largest absolute Gasteiger partial charge is 0.380 e. The second kappa shape index (κ2) is 7.76. The van der Waals surface area contributed by atoms with Gasteiger partial charge in [0.2, 0.25) is 5.91 Å². The van der Waals surface area contributed by atoms with E-state index in [1.54, 1.807) is 7.11 Å². The summed E-state index contributed by atoms with van der Waals surface area (Å²) in [5.74, 6) is 0.0438. The summed E-state index contributed by atoms with van der Waals surface area (Å²) in [4.78, 5) is 12.4. The minimum Gasteiger partial charge on any atom is -0.380 e. The maximum absolute atomic E-state index is 12.4. The Bertz CT molecular complexity index is 457. The standard InChI is InChI=1S/C15H21BrN2O2/c1-20-10-11-12(16)6-5-8-13(11)18-15(19)14-7-3-2-4-9-17-14/h5-6,8,14,17H,2-4,7,9-10H2,1H3,(H,18,19). The Hall–Kier alpha value is -0.910. The van der Waals surface area contributed by atoms with Gasteiger partial charge in [-0.1, -0.05) is 34.8 Å². The van der Waals surface area contributed by atoms with E-state index in [9.17, 15) is 4.79 Å². The van der Waals surface area contributed by atoms with Crippen LogP contribution in [-0.2, 0) is 16.1 Å². The van der Waals surface area contributed by atoms with Crippen molar-refractivity contribution in [3.63, 3.8) is 0 Å². The molecule has 0 radical (unpaired) electrons. The smallest absolute Gasteiger partial charge is 0.241 e. The minimum absolute atomic E-state index is 0.0438. The number of carbonyl (C=O) groups excluding carboxylic acids is 1. The average Bonchev–Trinajstić information content (AvgIpc) is 2.71. The highest BCUT2D eigenvalue weighted by atomic mass is 79.9. The van der Waals surface area contributed by atoms with Crippen molar-refractivity contribution in [3.8, 4) is 0 Å². The van der Waals surface area contributed by atoms with Crippen LogP contribution in [0.2, 0.25) is 0 Å². The highest BCUT2D eigenvalue weighted by molar-refractivity contribution is 9.10. The number of ether oxygens (including phenoxy) is 1. The highest BCUT2D eigenvalue weighted by Gasteiger charge is 2.20. The summed E-state index contributed by atoms with van der Waals surface area (Å²) in [5.41, 5.74) is 1.79. The van der Waals surface area contributed by atoms with Crippen molar-refractivity contribution < 1.29 is 9.53 Å². The van der Waals surface area contributed by atoms with Gasteiger partial charge < -0.3 is 15.4 Å². The number of carbonyl (C=O) groups is 1. The van der Waals surface area contributed by atoms with Gasteiger partial charge in [0, 0.05) is 22.8 Å². The lowest BCUT2D eigenvalue weighted by molar-refractivity contribution is -0.118. The number of halogens is 1. The number of benzene rings is 1. The number of nitrogens with one attached hydrogen (secondary N) is 2. The molecule has 1 aliphatic rings. The Morgan fingerprint density at radius 3 is 3.10 bits per heavy atom. The Kier molecular flexibility index (Phi) is 6.01. The molecular weight excluding hydrogens is 320 g/mol. The van der Waals surface area contributed by atoms with Gasteiger partial charge in [0.25, 0.3) is 0 Å². The summed E-state index contributed by atoms with van der Waals surface area (Å²) in [6.45, 7) is 1.39. The van der Waals surface area contributed by atoms with Crippen molar-refractivity contribution in [2.24, 2.45) is 0 Å². The van der Waals surface area contributed by atoms with Crippen molar-refractivity contribution in [1.82, 2.24) is 5.32 Å². The van der Waals surface area contributed by atoms with Gasteiger partial charge in [0.1, 0.15) is 0 Å². The number of hydrogen-bond donors (Lipinski definition) is 2. The first-order valence-electron chi connectivity index (χ1n) is 7.03. The molecular formula is C15H21BrN2O2. The van der Waals surface area contributed by atoms with Gasteiger partial charge in [-0.05, 0) is 31.5 Å². The van der Waals surface area contributed by atoms with E-state index in [1.165, 1.54) is 6.42 Å². The maximum Gasteiger partial charge on any atom is 0.241 e. The Morgan fingerprint density at radius 1 is 1.45 bits per heavy atom. The predicted molar refractivity (Wildman–Crippen MR) is 83.7 cm³/mol. The number of anilines is 1. The molecule has 1 heterocycles. The Labute approximate surface area is 128 Å². The molecule has 110 valence electrons. The van der Waals surface area contributed by atoms with Crippen molar-refractivity contribution >= 4 is 27.5 Å². The normalized spacial score (nSPS) is 19.4. The number of amides is 1. The van der Waals surface area contributed by atoms with Crippen LogP contribution in [0, 0.1) is 0 Å². The van der Waals surface area contributed by atoms with Gasteiger partial charge in [-0.25, -0.2) is 0 Å². The molecule has 1 aromatic rings. The van der Waals surface area contributed by atoms with Crippen LogP contribution < -0.4 is 10.6 Å². The third-order valence-corrected chi connectivity index (χ3v) is 4.29. The molecule has 1 saturated heterocycles. The van der Waals surface area contributed by atoms with E-state index in [0.29, 0.717) is 6.61 Å². The second-order valence-corrected chi connectivity index (χ2v) is 5.90. The monoisotopic (exact) mass is 340 g/mol. The van der Waals surface area contributed by atoms with E-state index in [4.69, 9.17) is 4.74 Å². The van der Waals surface area contributed by atoms with E-state index < -0.39 is 0 Å². The van der Waals surface area contributed by atoms with Gasteiger partial charge in [-0.2, -0.15) is 0 Å². The summed E-state index contributed by atoms with van der Waals surface area (Å²) in [5, 5.41) is 6.33. The molecule has 0 saturated carbocycles. The van der Waals surface area contributed by atoms with Crippen LogP contribution in [-0.4, -0.2) is 25.6 Å². The second-order valence-electron chi connectivity index (χ2n) is 5.04. The van der Waals surface area contributed by atoms with Crippen LogP contribution in [0.5, 0.6) is 0 Å². The number of hydrogen-bond acceptors (Lipinski definition) is 3. The molecule has 2 rings (SSSR count). The maximum atomic E-state index is 12.4. The van der Waals surface area contributed by atoms with Crippen LogP contribution in [0.1, 0.15) is 31.2 Å². The van der Waals surface area contributed by atoms with Crippen molar-refractivity contribution in [2.75, 3.05) is 19.0 Å². The first-order valence-corrected chi connectivity index (χ1v) is 7.82. The third-order valence-electron chi connectivity index (χ3n) is 3.54. The van der Waals surface area contributed by atoms with Crippen LogP contribution in [0.4, 0.5) is 5.69 Å². The lowest BCUT2D eigenvalue weighted by Gasteiger charge is -2.18. The molecule has 0 aliphatic carbocycles. The molecule has 1 amide bonds. The first-order chi connectivity index (χ1) is 9.72. The fourth-order valence-electron chi connectivity index (χ4n) is 2.44. The molecule has 1 unspecified atom stereocenters. The van der Waals surface area contributed by atoms with E-state index in [0.717, 1.165) is 41.5 Å². The van der Waals surface area contributed by atoms with E-state index in [2.05, 4.69) is 26.6 Å². The molecule has 1 fully saturated rings. The molecule has 4 nitrogen and oxygen atoms in total. The molecule has 5 heteroatoms. The molecule has 1 aromatic carbocycles. The Morgan fingerprint density at radius 2 is 2.30 bits per heavy atom. The number of rotatable bonds is 4. The molecule has 0 aromatic heterocycles. The Balaban J connectivity index is 2.08. The lowest BCUT2D eigenvalue weighted by Crippen LogP contribution is -2.40.